The topological polar surface area (TPSA) is 69.0 Å². The number of fused-ring (bicyclic) bond motifs is 1. The first-order valence-electron chi connectivity index (χ1n) is 11.7. The molecule has 0 saturated carbocycles. The van der Waals surface area contributed by atoms with Gasteiger partial charge in [0.15, 0.2) is 0 Å². The summed E-state index contributed by atoms with van der Waals surface area (Å²) in [5.74, 6) is 0.648. The number of morpholine rings is 1. The predicted octanol–water partition coefficient (Wildman–Crippen LogP) is 4.74. The van der Waals surface area contributed by atoms with Crippen LogP contribution in [-0.2, 0) is 4.74 Å². The van der Waals surface area contributed by atoms with Crippen molar-refractivity contribution >= 4 is 34.6 Å². The second kappa shape index (κ2) is 9.61. The zero-order valence-corrected chi connectivity index (χ0v) is 19.3. The van der Waals surface area contributed by atoms with Gasteiger partial charge in [-0.1, -0.05) is 60.2 Å². The molecule has 5 rings (SSSR count). The summed E-state index contributed by atoms with van der Waals surface area (Å²) in [7, 11) is 0. The summed E-state index contributed by atoms with van der Waals surface area (Å²) < 4.78 is 5.42. The minimum Gasteiger partial charge on any atom is -0.378 e. The molecular formula is C28H28N4O2. The molecule has 0 aromatic heterocycles. The van der Waals surface area contributed by atoms with Crippen molar-refractivity contribution in [3.63, 3.8) is 0 Å². The Hall–Kier alpha value is -3.77. The van der Waals surface area contributed by atoms with E-state index in [4.69, 9.17) is 15.1 Å². The fourth-order valence-electron chi connectivity index (χ4n) is 4.48. The van der Waals surface area contributed by atoms with E-state index < -0.39 is 0 Å². The number of guanidine groups is 1. The number of carbonyl (C=O) groups excluding carboxylic acids is 1. The zero-order valence-electron chi connectivity index (χ0n) is 19.3. The molecule has 2 heterocycles. The lowest BCUT2D eigenvalue weighted by Gasteiger charge is -2.27. The highest BCUT2D eigenvalue weighted by molar-refractivity contribution is 6.18. The third kappa shape index (κ3) is 4.63. The number of rotatable bonds is 2. The van der Waals surface area contributed by atoms with Crippen LogP contribution in [0.1, 0.15) is 27.9 Å². The van der Waals surface area contributed by atoms with E-state index in [9.17, 15) is 4.79 Å². The van der Waals surface area contributed by atoms with E-state index in [1.54, 1.807) is 4.90 Å². The molecule has 172 valence electrons. The van der Waals surface area contributed by atoms with E-state index in [-0.39, 0.29) is 11.9 Å². The number of aryl methyl sites for hydroxylation is 1. The first-order valence-corrected chi connectivity index (χ1v) is 11.7. The van der Waals surface area contributed by atoms with E-state index in [2.05, 4.69) is 31.2 Å². The molecule has 0 atom stereocenters. The summed E-state index contributed by atoms with van der Waals surface area (Å²) in [4.78, 5) is 21.9. The fourth-order valence-corrected chi connectivity index (χ4v) is 4.48. The molecule has 2 aliphatic rings. The summed E-state index contributed by atoms with van der Waals surface area (Å²) in [6.07, 6.45) is 2.79. The van der Waals surface area contributed by atoms with Crippen LogP contribution in [-0.4, -0.2) is 60.4 Å². The molecule has 2 fully saturated rings. The number of aliphatic imine (C=N–C) groups is 1. The standard InChI is InChI=1S/C28H28N4O2/c1-20-5-4-6-21(17-20)18-24-11-12-32(26(24)30-28(29)31-13-15-34-16-14-31)27(33)25-10-9-22-7-2-3-8-23(22)19-25/h2-10,17-19,29H,11-16H2,1H3/b24-18+,29-28?,30-26?. The van der Waals surface area contributed by atoms with Crippen molar-refractivity contribution in [2.45, 2.75) is 13.3 Å². The van der Waals surface area contributed by atoms with Crippen LogP contribution in [0.4, 0.5) is 0 Å². The van der Waals surface area contributed by atoms with E-state index in [1.807, 2.05) is 53.4 Å². The van der Waals surface area contributed by atoms with Gasteiger partial charge in [0.25, 0.3) is 5.91 Å². The van der Waals surface area contributed by atoms with Crippen molar-refractivity contribution in [2.75, 3.05) is 32.8 Å². The van der Waals surface area contributed by atoms with Crippen molar-refractivity contribution in [3.05, 3.63) is 89.0 Å². The Morgan fingerprint density at radius 3 is 2.56 bits per heavy atom. The number of amides is 1. The van der Waals surface area contributed by atoms with Gasteiger partial charge in [0.1, 0.15) is 5.84 Å². The van der Waals surface area contributed by atoms with Crippen molar-refractivity contribution in [1.82, 2.24) is 9.80 Å². The minimum absolute atomic E-state index is 0.0908. The lowest BCUT2D eigenvalue weighted by Crippen LogP contribution is -2.41. The maximum absolute atomic E-state index is 13.6. The Balaban J connectivity index is 1.51. The Bertz CT molecular complexity index is 1300. The second-order valence-electron chi connectivity index (χ2n) is 8.71. The minimum atomic E-state index is -0.0908. The van der Waals surface area contributed by atoms with E-state index in [1.165, 1.54) is 5.56 Å². The maximum Gasteiger partial charge on any atom is 0.259 e. The van der Waals surface area contributed by atoms with Gasteiger partial charge in [0, 0.05) is 25.2 Å². The van der Waals surface area contributed by atoms with Crippen molar-refractivity contribution < 1.29 is 9.53 Å². The average Bonchev–Trinajstić information content (AvgIpc) is 3.25. The molecule has 3 aromatic carbocycles. The van der Waals surface area contributed by atoms with Crippen LogP contribution >= 0.6 is 0 Å². The van der Waals surface area contributed by atoms with E-state index in [0.29, 0.717) is 50.7 Å². The molecule has 6 nitrogen and oxygen atoms in total. The van der Waals surface area contributed by atoms with E-state index >= 15 is 0 Å². The summed E-state index contributed by atoms with van der Waals surface area (Å²) in [5.41, 5.74) is 3.84. The van der Waals surface area contributed by atoms with E-state index in [0.717, 1.165) is 21.9 Å². The van der Waals surface area contributed by atoms with Crippen molar-refractivity contribution in [2.24, 2.45) is 4.99 Å². The number of benzene rings is 3. The third-order valence-electron chi connectivity index (χ3n) is 6.29. The number of amidine groups is 1. The molecule has 1 amide bonds. The Labute approximate surface area is 199 Å². The normalized spacial score (nSPS) is 18.7. The number of carbonyl (C=O) groups is 1. The molecular weight excluding hydrogens is 424 g/mol. The van der Waals surface area contributed by atoms with Crippen LogP contribution in [0.15, 0.2) is 77.3 Å². The number of hydrogen-bond acceptors (Lipinski definition) is 3. The van der Waals surface area contributed by atoms with Crippen LogP contribution in [0, 0.1) is 12.3 Å². The first kappa shape index (κ1) is 22.0. The van der Waals surface area contributed by atoms with Crippen LogP contribution < -0.4 is 0 Å². The summed E-state index contributed by atoms with van der Waals surface area (Å²) in [6, 6.07) is 22.1. The van der Waals surface area contributed by atoms with Crippen molar-refractivity contribution in [3.8, 4) is 0 Å². The highest BCUT2D eigenvalue weighted by Gasteiger charge is 2.31. The monoisotopic (exact) mass is 452 g/mol. The Kier molecular flexibility index (Phi) is 6.23. The number of hydrogen-bond donors (Lipinski definition) is 1. The fraction of sp³-hybridized carbons (Fsp3) is 0.250. The summed E-state index contributed by atoms with van der Waals surface area (Å²) in [5, 5.41) is 10.7. The number of likely N-dealkylation sites (tertiary alicyclic amines) is 1. The lowest BCUT2D eigenvalue weighted by atomic mass is 10.1. The molecule has 0 bridgehead atoms. The number of ether oxygens (including phenoxy) is 1. The van der Waals surface area contributed by atoms with Crippen LogP contribution in [0.5, 0.6) is 0 Å². The third-order valence-corrected chi connectivity index (χ3v) is 6.29. The summed E-state index contributed by atoms with van der Waals surface area (Å²) >= 11 is 0. The molecule has 0 unspecified atom stereocenters. The van der Waals surface area contributed by atoms with Gasteiger partial charge >= 0.3 is 0 Å². The number of nitrogens with zero attached hydrogens (tertiary/aromatic N) is 3. The van der Waals surface area contributed by atoms with Crippen LogP contribution in [0.25, 0.3) is 16.8 Å². The van der Waals surface area contributed by atoms with Gasteiger partial charge in [0.2, 0.25) is 5.96 Å². The maximum atomic E-state index is 13.6. The molecule has 0 radical (unpaired) electrons. The number of nitrogens with one attached hydrogen (secondary N) is 1. The van der Waals surface area contributed by atoms with Gasteiger partial charge in [-0.15, -0.1) is 0 Å². The van der Waals surface area contributed by atoms with Gasteiger partial charge in [-0.05, 0) is 53.5 Å². The van der Waals surface area contributed by atoms with Gasteiger partial charge in [0.05, 0.1) is 13.2 Å². The van der Waals surface area contributed by atoms with Gasteiger partial charge in [-0.3, -0.25) is 15.1 Å². The molecule has 2 saturated heterocycles. The Morgan fingerprint density at radius 2 is 1.76 bits per heavy atom. The molecule has 0 aliphatic carbocycles. The molecule has 0 spiro atoms. The zero-order chi connectivity index (χ0) is 23.5. The van der Waals surface area contributed by atoms with Gasteiger partial charge in [-0.25, -0.2) is 0 Å². The van der Waals surface area contributed by atoms with Crippen LogP contribution in [0.2, 0.25) is 0 Å². The smallest absolute Gasteiger partial charge is 0.259 e. The molecule has 3 aromatic rings. The molecule has 34 heavy (non-hydrogen) atoms. The molecule has 6 heteroatoms. The quantitative estimate of drug-likeness (QED) is 0.451. The van der Waals surface area contributed by atoms with Crippen LogP contribution in [0.3, 0.4) is 0 Å². The SMILES string of the molecule is Cc1cccc(/C=C2\CCN(C(=O)c3ccc4ccccc4c3)C2=NC(=N)N2CCOCC2)c1. The molecule has 1 N–H and O–H groups in total. The largest absolute Gasteiger partial charge is 0.378 e. The van der Waals surface area contributed by atoms with Gasteiger partial charge < -0.3 is 9.64 Å². The first-order chi connectivity index (χ1) is 16.6. The molecule has 2 aliphatic heterocycles. The predicted molar refractivity (Wildman–Crippen MR) is 136 cm³/mol. The van der Waals surface area contributed by atoms with Gasteiger partial charge in [-0.2, -0.15) is 4.99 Å². The van der Waals surface area contributed by atoms with Crippen molar-refractivity contribution in [1.29, 1.82) is 5.41 Å². The average molecular weight is 453 g/mol. The Morgan fingerprint density at radius 1 is 0.971 bits per heavy atom. The highest BCUT2D eigenvalue weighted by atomic mass is 16.5. The second-order valence-corrected chi connectivity index (χ2v) is 8.71. The summed E-state index contributed by atoms with van der Waals surface area (Å²) in [6.45, 7) is 5.03. The lowest BCUT2D eigenvalue weighted by molar-refractivity contribution is 0.0672. The highest BCUT2D eigenvalue weighted by Crippen LogP contribution is 2.26.